The van der Waals surface area contributed by atoms with Crippen LogP contribution in [-0.4, -0.2) is 36.3 Å². The molecule has 0 unspecified atom stereocenters. The molecular weight excluding hydrogens is 338 g/mol. The van der Waals surface area contributed by atoms with E-state index in [0.717, 1.165) is 6.07 Å². The molecule has 19 heavy (non-hydrogen) atoms. The largest absolute Gasteiger partial charge is 0.478 e. The SMILES string of the molecule is C=C(Br)CN1C(=O)c2ccc(C(=O)O)cc2S1(=O)=O. The van der Waals surface area contributed by atoms with E-state index in [0.29, 0.717) is 8.79 Å². The summed E-state index contributed by atoms with van der Waals surface area (Å²) in [5, 5.41) is 8.85. The molecule has 1 amide bonds. The van der Waals surface area contributed by atoms with Gasteiger partial charge in [0, 0.05) is 4.48 Å². The lowest BCUT2D eigenvalue weighted by molar-refractivity contribution is 0.0695. The highest BCUT2D eigenvalue weighted by atomic mass is 79.9. The number of fused-ring (bicyclic) bond motifs is 1. The van der Waals surface area contributed by atoms with Gasteiger partial charge in [-0.1, -0.05) is 22.5 Å². The third-order valence-corrected chi connectivity index (χ3v) is 4.59. The van der Waals surface area contributed by atoms with Crippen LogP contribution in [0.4, 0.5) is 0 Å². The molecule has 0 fully saturated rings. The standard InChI is InChI=1S/C11H8BrNO5S/c1-6(12)5-13-10(14)8-3-2-7(11(15)16)4-9(8)19(13,17)18/h2-4H,1,5H2,(H,15,16). The number of benzene rings is 1. The van der Waals surface area contributed by atoms with Crippen molar-refractivity contribution >= 4 is 37.8 Å². The maximum Gasteiger partial charge on any atom is 0.335 e. The van der Waals surface area contributed by atoms with E-state index in [4.69, 9.17) is 5.11 Å². The van der Waals surface area contributed by atoms with Gasteiger partial charge in [-0.25, -0.2) is 17.5 Å². The van der Waals surface area contributed by atoms with Crippen molar-refractivity contribution in [1.29, 1.82) is 0 Å². The number of carbonyl (C=O) groups excluding carboxylic acids is 1. The lowest BCUT2D eigenvalue weighted by atomic mass is 10.1. The van der Waals surface area contributed by atoms with Gasteiger partial charge < -0.3 is 5.11 Å². The molecular formula is C11H8BrNO5S. The first kappa shape index (κ1) is 13.8. The van der Waals surface area contributed by atoms with Gasteiger partial charge in [-0.3, -0.25) is 4.79 Å². The summed E-state index contributed by atoms with van der Waals surface area (Å²) in [4.78, 5) is 22.5. The molecule has 0 saturated carbocycles. The minimum absolute atomic E-state index is 0.0289. The molecule has 1 aromatic rings. The summed E-state index contributed by atoms with van der Waals surface area (Å²) in [6, 6.07) is 3.39. The normalized spacial score (nSPS) is 16.3. The second-order valence-electron chi connectivity index (χ2n) is 3.85. The zero-order valence-electron chi connectivity index (χ0n) is 9.46. The maximum absolute atomic E-state index is 12.2. The van der Waals surface area contributed by atoms with Crippen molar-refractivity contribution in [3.63, 3.8) is 0 Å². The molecule has 8 heteroatoms. The van der Waals surface area contributed by atoms with Gasteiger partial charge in [-0.05, 0) is 18.2 Å². The van der Waals surface area contributed by atoms with Gasteiger partial charge in [0.05, 0.1) is 17.7 Å². The Balaban J connectivity index is 2.61. The molecule has 0 spiro atoms. The van der Waals surface area contributed by atoms with E-state index in [2.05, 4.69) is 22.5 Å². The molecule has 100 valence electrons. The van der Waals surface area contributed by atoms with Gasteiger partial charge in [0.1, 0.15) is 4.90 Å². The Bertz CT molecular complexity index is 710. The van der Waals surface area contributed by atoms with Crippen molar-refractivity contribution in [2.75, 3.05) is 6.54 Å². The van der Waals surface area contributed by atoms with Crippen LogP contribution < -0.4 is 0 Å². The predicted molar refractivity (Wildman–Crippen MR) is 69.7 cm³/mol. The summed E-state index contributed by atoms with van der Waals surface area (Å²) in [7, 11) is -4.02. The average molecular weight is 346 g/mol. The first-order valence-electron chi connectivity index (χ1n) is 5.03. The van der Waals surface area contributed by atoms with E-state index < -0.39 is 21.9 Å². The summed E-state index contributed by atoms with van der Waals surface area (Å²) >= 11 is 3.00. The zero-order valence-corrected chi connectivity index (χ0v) is 11.9. The van der Waals surface area contributed by atoms with Crippen molar-refractivity contribution < 1.29 is 23.1 Å². The van der Waals surface area contributed by atoms with Crippen molar-refractivity contribution in [3.05, 3.63) is 40.4 Å². The molecule has 1 aromatic carbocycles. The van der Waals surface area contributed by atoms with E-state index in [-0.39, 0.29) is 22.6 Å². The van der Waals surface area contributed by atoms with Crippen molar-refractivity contribution in [1.82, 2.24) is 4.31 Å². The average Bonchev–Trinajstić information content (AvgIpc) is 2.50. The van der Waals surface area contributed by atoms with Crippen molar-refractivity contribution in [3.8, 4) is 0 Å². The van der Waals surface area contributed by atoms with E-state index in [1.54, 1.807) is 0 Å². The van der Waals surface area contributed by atoms with Crippen molar-refractivity contribution in [2.24, 2.45) is 0 Å². The summed E-state index contributed by atoms with van der Waals surface area (Å²) in [6.07, 6.45) is 0. The van der Waals surface area contributed by atoms with Crippen molar-refractivity contribution in [2.45, 2.75) is 4.90 Å². The summed E-state index contributed by atoms with van der Waals surface area (Å²) in [6.45, 7) is 3.30. The number of nitrogens with zero attached hydrogens (tertiary/aromatic N) is 1. The fraction of sp³-hybridized carbons (Fsp3) is 0.0909. The molecule has 0 atom stereocenters. The number of carbonyl (C=O) groups is 2. The number of carboxylic acids is 1. The first-order valence-corrected chi connectivity index (χ1v) is 7.26. The summed E-state index contributed by atoms with van der Waals surface area (Å²) in [5.41, 5.74) is -0.214. The molecule has 1 aliphatic rings. The molecule has 0 aliphatic carbocycles. The number of hydrogen-bond donors (Lipinski definition) is 1. The van der Waals surface area contributed by atoms with E-state index in [1.807, 2.05) is 0 Å². The Morgan fingerprint density at radius 1 is 1.42 bits per heavy atom. The first-order chi connectivity index (χ1) is 8.75. The predicted octanol–water partition coefficient (Wildman–Crippen LogP) is 1.44. The Hall–Kier alpha value is -1.67. The van der Waals surface area contributed by atoms with Crippen LogP contribution in [-0.2, 0) is 10.0 Å². The van der Waals surface area contributed by atoms with Gasteiger partial charge in [0.2, 0.25) is 0 Å². The Labute approximate surface area is 117 Å². The molecule has 0 saturated heterocycles. The van der Waals surface area contributed by atoms with Crippen LogP contribution in [0.5, 0.6) is 0 Å². The number of rotatable bonds is 3. The number of amides is 1. The van der Waals surface area contributed by atoms with Crippen LogP contribution in [0.15, 0.2) is 34.2 Å². The molecule has 0 radical (unpaired) electrons. The monoisotopic (exact) mass is 345 g/mol. The zero-order chi connectivity index (χ0) is 14.4. The Morgan fingerprint density at radius 2 is 2.05 bits per heavy atom. The summed E-state index contributed by atoms with van der Waals surface area (Å²) < 4.78 is 25.3. The minimum Gasteiger partial charge on any atom is -0.478 e. The topological polar surface area (TPSA) is 91.8 Å². The number of sulfonamides is 1. The molecule has 1 N–H and O–H groups in total. The van der Waals surface area contributed by atoms with Crippen LogP contribution in [0.1, 0.15) is 20.7 Å². The third-order valence-electron chi connectivity index (χ3n) is 2.57. The highest BCUT2D eigenvalue weighted by molar-refractivity contribution is 9.11. The molecule has 1 heterocycles. The molecule has 0 bridgehead atoms. The van der Waals surface area contributed by atoms with Crippen LogP contribution in [0.3, 0.4) is 0 Å². The van der Waals surface area contributed by atoms with Crippen LogP contribution >= 0.6 is 15.9 Å². The minimum atomic E-state index is -4.02. The van der Waals surface area contributed by atoms with Gasteiger partial charge in [0.15, 0.2) is 0 Å². The maximum atomic E-state index is 12.2. The Kier molecular flexibility index (Phi) is 3.23. The molecule has 1 aliphatic heterocycles. The fourth-order valence-electron chi connectivity index (χ4n) is 1.72. The number of carboxylic acid groups (broad SMARTS) is 1. The number of hydrogen-bond acceptors (Lipinski definition) is 4. The van der Waals surface area contributed by atoms with Crippen LogP contribution in [0.25, 0.3) is 0 Å². The number of halogens is 1. The Morgan fingerprint density at radius 3 is 2.58 bits per heavy atom. The third kappa shape index (κ3) is 2.17. The fourth-order valence-corrected chi connectivity index (χ4v) is 3.73. The van der Waals surface area contributed by atoms with Gasteiger partial charge in [0.25, 0.3) is 15.9 Å². The molecule has 6 nitrogen and oxygen atoms in total. The van der Waals surface area contributed by atoms with E-state index >= 15 is 0 Å². The van der Waals surface area contributed by atoms with Crippen LogP contribution in [0.2, 0.25) is 0 Å². The smallest absolute Gasteiger partial charge is 0.335 e. The second-order valence-corrected chi connectivity index (χ2v) is 6.80. The van der Waals surface area contributed by atoms with Gasteiger partial charge in [-0.2, -0.15) is 0 Å². The van der Waals surface area contributed by atoms with E-state index in [9.17, 15) is 18.0 Å². The highest BCUT2D eigenvalue weighted by Gasteiger charge is 2.41. The lowest BCUT2D eigenvalue weighted by Crippen LogP contribution is -2.30. The van der Waals surface area contributed by atoms with Gasteiger partial charge in [-0.15, -0.1) is 0 Å². The van der Waals surface area contributed by atoms with Crippen LogP contribution in [0, 0.1) is 0 Å². The lowest BCUT2D eigenvalue weighted by Gasteiger charge is -2.13. The van der Waals surface area contributed by atoms with Gasteiger partial charge >= 0.3 is 5.97 Å². The number of aromatic carboxylic acids is 1. The van der Waals surface area contributed by atoms with E-state index in [1.165, 1.54) is 12.1 Å². The molecule has 2 rings (SSSR count). The summed E-state index contributed by atoms with van der Waals surface area (Å²) in [5.74, 6) is -1.94. The quantitative estimate of drug-likeness (QED) is 0.894. The molecule has 0 aromatic heterocycles. The highest BCUT2D eigenvalue weighted by Crippen LogP contribution is 2.31. The second kappa shape index (κ2) is 4.46.